The zero-order valence-electron chi connectivity index (χ0n) is 11.1. The van der Waals surface area contributed by atoms with Crippen LogP contribution in [0.25, 0.3) is 0 Å². The van der Waals surface area contributed by atoms with Crippen molar-refractivity contribution in [3.05, 3.63) is 35.0 Å². The van der Waals surface area contributed by atoms with Crippen LogP contribution < -0.4 is 4.72 Å². The molecule has 0 bridgehead atoms. The lowest BCUT2D eigenvalue weighted by Gasteiger charge is -2.10. The van der Waals surface area contributed by atoms with E-state index in [9.17, 15) is 16.8 Å². The van der Waals surface area contributed by atoms with Crippen LogP contribution in [0, 0.1) is 6.92 Å². The number of aromatic amines is 1. The van der Waals surface area contributed by atoms with Crippen molar-refractivity contribution in [2.24, 2.45) is 0 Å². The number of sulfonamides is 1. The van der Waals surface area contributed by atoms with E-state index >= 15 is 0 Å². The van der Waals surface area contributed by atoms with Gasteiger partial charge in [0.05, 0.1) is 16.1 Å². The summed E-state index contributed by atoms with van der Waals surface area (Å²) in [6.07, 6.45) is 2.44. The summed E-state index contributed by atoms with van der Waals surface area (Å²) in [5.74, 6) is 0.191. The van der Waals surface area contributed by atoms with Gasteiger partial charge in [-0.3, -0.25) is 9.82 Å². The lowest BCUT2D eigenvalue weighted by molar-refractivity contribution is 0.599. The van der Waals surface area contributed by atoms with E-state index in [1.54, 1.807) is 6.92 Å². The Hall–Kier alpha value is -1.58. The Morgan fingerprint density at radius 3 is 2.43 bits per heavy atom. The fourth-order valence-electron chi connectivity index (χ4n) is 1.56. The van der Waals surface area contributed by atoms with Gasteiger partial charge in [0.1, 0.15) is 10.7 Å². The van der Waals surface area contributed by atoms with Crippen LogP contribution >= 0.6 is 11.6 Å². The second-order valence-corrected chi connectivity index (χ2v) is 8.47. The van der Waals surface area contributed by atoms with Crippen LogP contribution in [0.3, 0.4) is 0 Å². The number of hydrogen-bond donors (Lipinski definition) is 2. The number of sulfone groups is 1. The molecule has 114 valence electrons. The molecule has 0 spiro atoms. The quantitative estimate of drug-likeness (QED) is 0.870. The molecule has 0 aliphatic rings. The van der Waals surface area contributed by atoms with E-state index in [2.05, 4.69) is 14.9 Å². The Bertz CT molecular complexity index is 888. The maximum atomic E-state index is 12.3. The topological polar surface area (TPSA) is 109 Å². The molecule has 1 aromatic carbocycles. The van der Waals surface area contributed by atoms with Crippen molar-refractivity contribution in [3.63, 3.8) is 0 Å². The van der Waals surface area contributed by atoms with Gasteiger partial charge in [-0.1, -0.05) is 11.6 Å². The summed E-state index contributed by atoms with van der Waals surface area (Å²) < 4.78 is 49.9. The maximum absolute atomic E-state index is 12.3. The number of nitrogens with zero attached hydrogens (tertiary/aromatic N) is 1. The Labute approximate surface area is 127 Å². The van der Waals surface area contributed by atoms with Crippen LogP contribution in [0.2, 0.25) is 5.02 Å². The average Bonchev–Trinajstić information content (AvgIpc) is 2.73. The Balaban J connectivity index is 2.52. The third kappa shape index (κ3) is 3.36. The van der Waals surface area contributed by atoms with Gasteiger partial charge in [-0.25, -0.2) is 16.8 Å². The minimum atomic E-state index is -4.04. The van der Waals surface area contributed by atoms with Crippen LogP contribution in [-0.2, 0) is 19.9 Å². The number of halogens is 1. The second-order valence-electron chi connectivity index (χ2n) is 4.40. The van der Waals surface area contributed by atoms with Crippen LogP contribution in [0.15, 0.2) is 34.2 Å². The van der Waals surface area contributed by atoms with Gasteiger partial charge in [0.15, 0.2) is 9.84 Å². The summed E-state index contributed by atoms with van der Waals surface area (Å²) in [4.78, 5) is -0.449. The lowest BCUT2D eigenvalue weighted by atomic mass is 10.4. The number of benzene rings is 1. The third-order valence-corrected chi connectivity index (χ3v) is 5.63. The maximum Gasteiger partial charge on any atom is 0.264 e. The number of aryl methyl sites for hydroxylation is 1. The summed E-state index contributed by atoms with van der Waals surface area (Å²) in [5.41, 5.74) is 0.592. The number of hydrogen-bond acceptors (Lipinski definition) is 5. The van der Waals surface area contributed by atoms with Crippen LogP contribution in [0.1, 0.15) is 5.56 Å². The van der Waals surface area contributed by atoms with Crippen molar-refractivity contribution < 1.29 is 16.8 Å². The molecule has 1 heterocycles. The van der Waals surface area contributed by atoms with Gasteiger partial charge in [0.2, 0.25) is 0 Å². The zero-order valence-corrected chi connectivity index (χ0v) is 13.5. The molecule has 10 heteroatoms. The third-order valence-electron chi connectivity index (χ3n) is 2.69. The molecule has 7 nitrogen and oxygen atoms in total. The number of aromatic nitrogens is 2. The summed E-state index contributed by atoms with van der Waals surface area (Å²) >= 11 is 5.87. The smallest absolute Gasteiger partial charge is 0.263 e. The first-order valence-corrected chi connectivity index (χ1v) is 9.39. The van der Waals surface area contributed by atoms with Gasteiger partial charge in [0, 0.05) is 11.8 Å². The molecule has 0 radical (unpaired) electrons. The van der Waals surface area contributed by atoms with Gasteiger partial charge in [-0.05, 0) is 25.1 Å². The lowest BCUT2D eigenvalue weighted by Crippen LogP contribution is -2.15. The van der Waals surface area contributed by atoms with Crippen molar-refractivity contribution >= 4 is 37.3 Å². The highest BCUT2D eigenvalue weighted by atomic mass is 35.5. The normalized spacial score (nSPS) is 12.3. The van der Waals surface area contributed by atoms with E-state index in [-0.39, 0.29) is 20.6 Å². The monoisotopic (exact) mass is 349 g/mol. The van der Waals surface area contributed by atoms with E-state index in [1.807, 2.05) is 0 Å². The average molecular weight is 350 g/mol. The van der Waals surface area contributed by atoms with Gasteiger partial charge in [0.25, 0.3) is 10.0 Å². The first-order chi connectivity index (χ1) is 9.61. The molecule has 21 heavy (non-hydrogen) atoms. The molecule has 1 aromatic heterocycles. The van der Waals surface area contributed by atoms with Crippen molar-refractivity contribution in [1.82, 2.24) is 10.2 Å². The molecule has 0 aliphatic heterocycles. The molecule has 0 aliphatic carbocycles. The van der Waals surface area contributed by atoms with Gasteiger partial charge in [-0.15, -0.1) is 0 Å². The predicted octanol–water partition coefficient (Wildman–Crippen LogP) is 1.58. The molecule has 2 rings (SSSR count). The summed E-state index contributed by atoms with van der Waals surface area (Å²) in [7, 11) is -7.58. The summed E-state index contributed by atoms with van der Waals surface area (Å²) in [6, 6.07) is 3.50. The van der Waals surface area contributed by atoms with Crippen LogP contribution in [-0.4, -0.2) is 33.3 Å². The fraction of sp³-hybridized carbons (Fsp3) is 0.182. The van der Waals surface area contributed by atoms with E-state index in [1.165, 1.54) is 18.3 Å². The molecule has 0 unspecified atom stereocenters. The van der Waals surface area contributed by atoms with Crippen molar-refractivity contribution in [2.45, 2.75) is 16.7 Å². The Morgan fingerprint density at radius 1 is 1.24 bits per heavy atom. The zero-order chi connectivity index (χ0) is 15.8. The van der Waals surface area contributed by atoms with E-state index in [0.29, 0.717) is 5.56 Å². The summed E-state index contributed by atoms with van der Waals surface area (Å²) in [5, 5.41) is 6.12. The number of nitrogens with one attached hydrogen (secondary N) is 2. The number of anilines is 1. The van der Waals surface area contributed by atoms with E-state index in [0.717, 1.165) is 12.3 Å². The molecule has 2 N–H and O–H groups in total. The van der Waals surface area contributed by atoms with Gasteiger partial charge >= 0.3 is 0 Å². The number of rotatable bonds is 4. The van der Waals surface area contributed by atoms with Crippen LogP contribution in [0.5, 0.6) is 0 Å². The van der Waals surface area contributed by atoms with Crippen LogP contribution in [0.4, 0.5) is 5.82 Å². The highest BCUT2D eigenvalue weighted by Crippen LogP contribution is 2.26. The SMILES string of the molecule is Cc1cn[nH]c1NS(=O)(=O)c1cc(S(C)(=O)=O)ccc1Cl. The largest absolute Gasteiger partial charge is 0.264 e. The number of H-pyrrole nitrogens is 1. The van der Waals surface area contributed by atoms with Crippen molar-refractivity contribution in [2.75, 3.05) is 11.0 Å². The molecule has 0 fully saturated rings. The second kappa shape index (κ2) is 5.32. The molecule has 0 amide bonds. The fourth-order valence-corrected chi connectivity index (χ4v) is 3.90. The first kappa shape index (κ1) is 15.8. The molecule has 0 saturated carbocycles. The molecular weight excluding hydrogens is 338 g/mol. The molecule has 0 atom stereocenters. The summed E-state index contributed by atoms with van der Waals surface area (Å²) in [6.45, 7) is 1.66. The van der Waals surface area contributed by atoms with Gasteiger partial charge < -0.3 is 0 Å². The molecule has 0 saturated heterocycles. The first-order valence-electron chi connectivity index (χ1n) is 5.63. The standard InChI is InChI=1S/C11H12ClN3O4S2/c1-7-6-13-14-11(7)15-21(18,19)10-5-8(20(2,16)17)3-4-9(10)12/h3-6H,1-2H3,(H2,13,14,15). The minimum absolute atomic E-state index is 0.0768. The highest BCUT2D eigenvalue weighted by molar-refractivity contribution is 7.93. The van der Waals surface area contributed by atoms with E-state index in [4.69, 9.17) is 11.6 Å². The minimum Gasteiger partial charge on any atom is -0.263 e. The van der Waals surface area contributed by atoms with Gasteiger partial charge in [-0.2, -0.15) is 5.10 Å². The highest BCUT2D eigenvalue weighted by Gasteiger charge is 2.22. The Morgan fingerprint density at radius 2 is 1.90 bits per heavy atom. The Kier molecular flexibility index (Phi) is 4.00. The molecule has 2 aromatic rings. The predicted molar refractivity (Wildman–Crippen MR) is 78.7 cm³/mol. The molecular formula is C11H12ClN3O4S2. The van der Waals surface area contributed by atoms with E-state index < -0.39 is 19.9 Å². The van der Waals surface area contributed by atoms with Crippen molar-refractivity contribution in [1.29, 1.82) is 0 Å². The van der Waals surface area contributed by atoms with Crippen molar-refractivity contribution in [3.8, 4) is 0 Å².